The van der Waals surface area contributed by atoms with Crippen LogP contribution in [0.4, 0.5) is 13.2 Å². The van der Waals surface area contributed by atoms with E-state index >= 15 is 0 Å². The van der Waals surface area contributed by atoms with Gasteiger partial charge in [0.15, 0.2) is 17.9 Å². The summed E-state index contributed by atoms with van der Waals surface area (Å²) in [7, 11) is 0. The quantitative estimate of drug-likeness (QED) is 0.743. The lowest BCUT2D eigenvalue weighted by molar-refractivity contribution is -0.262. The van der Waals surface area contributed by atoms with E-state index in [1.165, 1.54) is 0 Å². The fraction of sp³-hybridized carbons (Fsp3) is 1.00. The predicted octanol–water partition coefficient (Wildman–Crippen LogP) is 2.19. The summed E-state index contributed by atoms with van der Waals surface area (Å²) in [6, 6.07) is 0. The lowest BCUT2D eigenvalue weighted by Gasteiger charge is -2.30. The van der Waals surface area contributed by atoms with E-state index in [0.717, 1.165) is 0 Å². The van der Waals surface area contributed by atoms with Gasteiger partial charge in [0, 0.05) is 0 Å². The molecule has 0 radical (unpaired) electrons. The lowest BCUT2D eigenvalue weighted by Crippen LogP contribution is -2.46. The van der Waals surface area contributed by atoms with Gasteiger partial charge in [-0.05, 0) is 27.7 Å². The fourth-order valence-corrected chi connectivity index (χ4v) is 3.10. The first-order valence-corrected chi connectivity index (χ1v) is 6.88. The molecule has 0 spiro atoms. The van der Waals surface area contributed by atoms with Crippen molar-refractivity contribution in [2.24, 2.45) is 5.92 Å². The van der Waals surface area contributed by atoms with E-state index in [1.807, 2.05) is 0 Å². The molecule has 3 aliphatic heterocycles. The molecule has 5 nitrogen and oxygen atoms in total. The van der Waals surface area contributed by atoms with Crippen LogP contribution >= 0.6 is 0 Å². The van der Waals surface area contributed by atoms with Gasteiger partial charge in [0.2, 0.25) is 0 Å². The monoisotopic (exact) mass is 312 g/mol. The van der Waals surface area contributed by atoms with Gasteiger partial charge in [-0.3, -0.25) is 0 Å². The molecule has 0 aliphatic carbocycles. The molecule has 3 rings (SSSR count). The van der Waals surface area contributed by atoms with Crippen LogP contribution in [0.1, 0.15) is 27.7 Å². The minimum atomic E-state index is -4.47. The second kappa shape index (κ2) is 4.55. The van der Waals surface area contributed by atoms with Crippen LogP contribution in [-0.2, 0) is 23.7 Å². The molecular formula is C13H19F3O5. The molecule has 0 aromatic heterocycles. The second-order valence-corrected chi connectivity index (χ2v) is 6.50. The minimum Gasteiger partial charge on any atom is -0.348 e. The molecule has 5 atom stereocenters. The van der Waals surface area contributed by atoms with Crippen molar-refractivity contribution >= 4 is 0 Å². The van der Waals surface area contributed by atoms with Crippen LogP contribution in [-0.4, -0.2) is 49.0 Å². The van der Waals surface area contributed by atoms with E-state index in [4.69, 9.17) is 23.7 Å². The van der Waals surface area contributed by atoms with Crippen molar-refractivity contribution in [2.75, 3.05) is 6.61 Å². The molecule has 0 aromatic carbocycles. The average Bonchev–Trinajstić information content (AvgIpc) is 2.85. The first-order valence-electron chi connectivity index (χ1n) is 6.88. The van der Waals surface area contributed by atoms with Crippen LogP contribution in [0.5, 0.6) is 0 Å². The maximum absolute atomic E-state index is 13.4. The van der Waals surface area contributed by atoms with Crippen molar-refractivity contribution in [2.45, 2.75) is 70.0 Å². The number of rotatable bonds is 1. The zero-order valence-electron chi connectivity index (χ0n) is 12.3. The van der Waals surface area contributed by atoms with E-state index in [0.29, 0.717) is 0 Å². The van der Waals surface area contributed by atoms with Crippen LogP contribution < -0.4 is 0 Å². The molecule has 2 unspecified atom stereocenters. The Morgan fingerprint density at radius 1 is 0.905 bits per heavy atom. The van der Waals surface area contributed by atoms with Gasteiger partial charge in [-0.25, -0.2) is 0 Å². The molecular weight excluding hydrogens is 293 g/mol. The smallest absolute Gasteiger partial charge is 0.348 e. The van der Waals surface area contributed by atoms with Crippen LogP contribution in [0.3, 0.4) is 0 Å². The van der Waals surface area contributed by atoms with Crippen molar-refractivity contribution in [3.8, 4) is 0 Å². The van der Waals surface area contributed by atoms with Gasteiger partial charge < -0.3 is 23.7 Å². The van der Waals surface area contributed by atoms with Crippen LogP contribution in [0.15, 0.2) is 0 Å². The van der Waals surface area contributed by atoms with Crippen LogP contribution in [0.25, 0.3) is 0 Å². The molecule has 122 valence electrons. The zero-order chi connectivity index (χ0) is 15.6. The van der Waals surface area contributed by atoms with Gasteiger partial charge in [0.05, 0.1) is 6.61 Å². The molecule has 0 bridgehead atoms. The molecule has 0 aromatic rings. The van der Waals surface area contributed by atoms with E-state index in [9.17, 15) is 13.2 Å². The summed E-state index contributed by atoms with van der Waals surface area (Å²) in [6.45, 7) is 6.49. The Balaban J connectivity index is 1.82. The average molecular weight is 312 g/mol. The summed E-state index contributed by atoms with van der Waals surface area (Å²) < 4.78 is 67.4. The first-order chi connectivity index (χ1) is 9.49. The highest BCUT2D eigenvalue weighted by molar-refractivity contribution is 5.00. The predicted molar refractivity (Wildman–Crippen MR) is 63.1 cm³/mol. The zero-order valence-corrected chi connectivity index (χ0v) is 12.3. The second-order valence-electron chi connectivity index (χ2n) is 6.50. The highest BCUT2D eigenvalue weighted by Gasteiger charge is 2.66. The summed E-state index contributed by atoms with van der Waals surface area (Å²) in [4.78, 5) is 0. The highest BCUT2D eigenvalue weighted by Crippen LogP contribution is 2.49. The molecule has 0 saturated carbocycles. The molecule has 3 aliphatic rings. The fourth-order valence-electron chi connectivity index (χ4n) is 3.10. The summed E-state index contributed by atoms with van der Waals surface area (Å²) in [5.41, 5.74) is 0. The van der Waals surface area contributed by atoms with Gasteiger partial charge >= 0.3 is 6.18 Å². The minimum absolute atomic E-state index is 0.0487. The Bertz CT molecular complexity index is 423. The maximum Gasteiger partial charge on any atom is 0.397 e. The van der Waals surface area contributed by atoms with Crippen molar-refractivity contribution in [3.63, 3.8) is 0 Å². The topological polar surface area (TPSA) is 46.2 Å². The Hall–Kier alpha value is -0.410. The third-order valence-corrected chi connectivity index (χ3v) is 3.86. The Labute approximate surface area is 120 Å². The van der Waals surface area contributed by atoms with Gasteiger partial charge in [0.1, 0.15) is 24.2 Å². The number of ether oxygens (including phenoxy) is 5. The Morgan fingerprint density at radius 2 is 1.57 bits per heavy atom. The van der Waals surface area contributed by atoms with Crippen LogP contribution in [0, 0.1) is 5.92 Å². The summed E-state index contributed by atoms with van der Waals surface area (Å²) in [5.74, 6) is -3.80. The van der Waals surface area contributed by atoms with Crippen LogP contribution in [0.2, 0.25) is 0 Å². The van der Waals surface area contributed by atoms with E-state index < -0.39 is 48.3 Å². The summed E-state index contributed by atoms with van der Waals surface area (Å²) in [5, 5.41) is 0. The maximum atomic E-state index is 13.4. The van der Waals surface area contributed by atoms with E-state index in [2.05, 4.69) is 0 Å². The lowest BCUT2D eigenvalue weighted by atomic mass is 9.94. The van der Waals surface area contributed by atoms with Crippen molar-refractivity contribution < 1.29 is 36.9 Å². The van der Waals surface area contributed by atoms with Gasteiger partial charge in [0.25, 0.3) is 0 Å². The number of fused-ring (bicyclic) bond motifs is 1. The van der Waals surface area contributed by atoms with Crippen molar-refractivity contribution in [1.82, 2.24) is 0 Å². The van der Waals surface area contributed by atoms with Gasteiger partial charge in [-0.2, -0.15) is 13.2 Å². The highest BCUT2D eigenvalue weighted by atomic mass is 19.4. The normalized spacial score (nSPS) is 45.0. The Kier molecular flexibility index (Phi) is 3.35. The van der Waals surface area contributed by atoms with E-state index in [1.54, 1.807) is 27.7 Å². The largest absolute Gasteiger partial charge is 0.397 e. The van der Waals surface area contributed by atoms with Crippen molar-refractivity contribution in [1.29, 1.82) is 0 Å². The summed E-state index contributed by atoms with van der Waals surface area (Å²) >= 11 is 0. The van der Waals surface area contributed by atoms with E-state index in [-0.39, 0.29) is 6.61 Å². The molecule has 21 heavy (non-hydrogen) atoms. The number of hydrogen-bond acceptors (Lipinski definition) is 5. The molecule has 0 N–H and O–H groups in total. The number of hydrogen-bond donors (Lipinski definition) is 0. The molecule has 8 heteroatoms. The standard InChI is InChI=1S/C13H19F3O5/c1-11(2)17-5-6(19-11)8-7(13(14,15)16)9-10(18-8)21-12(3,4)20-9/h6-10H,5H2,1-4H3/t6?,7-,8-,9?,10-/m1/s1. The molecule has 3 fully saturated rings. The third kappa shape index (κ3) is 2.79. The SMILES string of the molecule is CC1(C)OCC([C@H]2O[C@@H]3OC(C)(C)OC3[C@@H]2C(F)(F)F)O1. The van der Waals surface area contributed by atoms with Gasteiger partial charge in [-0.1, -0.05) is 0 Å². The molecule has 3 saturated heterocycles. The van der Waals surface area contributed by atoms with Crippen molar-refractivity contribution in [3.05, 3.63) is 0 Å². The number of halogens is 3. The molecule has 0 amide bonds. The Morgan fingerprint density at radius 3 is 2.10 bits per heavy atom. The first kappa shape index (κ1) is 15.5. The third-order valence-electron chi connectivity index (χ3n) is 3.86. The summed E-state index contributed by atoms with van der Waals surface area (Å²) in [6.07, 6.45) is -8.68. The number of alkyl halides is 3. The van der Waals surface area contributed by atoms with Gasteiger partial charge in [-0.15, -0.1) is 0 Å². The molecule has 3 heterocycles.